The first-order valence-electron chi connectivity index (χ1n) is 8.05. The Kier molecular flexibility index (Phi) is 5.67. The molecule has 24 heavy (non-hydrogen) atoms. The average Bonchev–Trinajstić information content (AvgIpc) is 2.84. The van der Waals surface area contributed by atoms with Crippen LogP contribution in [0.25, 0.3) is 0 Å². The average molecular weight is 346 g/mol. The van der Waals surface area contributed by atoms with Gasteiger partial charge in [-0.2, -0.15) is 0 Å². The van der Waals surface area contributed by atoms with E-state index in [1.807, 2.05) is 24.3 Å². The minimum absolute atomic E-state index is 0.287. The Morgan fingerprint density at radius 2 is 1.96 bits per heavy atom. The van der Waals surface area contributed by atoms with Crippen molar-refractivity contribution in [3.8, 4) is 5.75 Å². The summed E-state index contributed by atoms with van der Waals surface area (Å²) >= 11 is 6.18. The van der Waals surface area contributed by atoms with Gasteiger partial charge in [0.2, 0.25) is 0 Å². The molecule has 0 atom stereocenters. The summed E-state index contributed by atoms with van der Waals surface area (Å²) in [6.07, 6.45) is 4.04. The number of pyridine rings is 1. The van der Waals surface area contributed by atoms with Crippen LogP contribution in [-0.2, 0) is 6.54 Å². The van der Waals surface area contributed by atoms with Gasteiger partial charge in [-0.05, 0) is 30.2 Å². The second kappa shape index (κ2) is 8.13. The Bertz CT molecular complexity index is 681. The van der Waals surface area contributed by atoms with Crippen molar-refractivity contribution in [2.45, 2.75) is 13.0 Å². The third kappa shape index (κ3) is 4.46. The Balaban J connectivity index is 1.55. The van der Waals surface area contributed by atoms with E-state index in [0.29, 0.717) is 23.9 Å². The van der Waals surface area contributed by atoms with E-state index in [9.17, 15) is 4.79 Å². The highest BCUT2D eigenvalue weighted by Crippen LogP contribution is 2.17. The zero-order valence-electron chi connectivity index (χ0n) is 13.4. The summed E-state index contributed by atoms with van der Waals surface area (Å²) in [5, 5.41) is 0.682. The molecule has 1 fully saturated rings. The second-order valence-corrected chi connectivity index (χ2v) is 6.17. The van der Waals surface area contributed by atoms with Crippen LogP contribution < -0.4 is 4.74 Å². The van der Waals surface area contributed by atoms with Crippen molar-refractivity contribution in [3.05, 3.63) is 59.4 Å². The number of hydrogen-bond donors (Lipinski definition) is 0. The molecule has 0 aliphatic carbocycles. The van der Waals surface area contributed by atoms with Gasteiger partial charge in [0, 0.05) is 45.1 Å². The first-order chi connectivity index (χ1) is 11.7. The minimum Gasteiger partial charge on any atom is -0.410 e. The number of ether oxygens (including phenoxy) is 1. The summed E-state index contributed by atoms with van der Waals surface area (Å²) < 4.78 is 5.42. The Labute approximate surface area is 146 Å². The van der Waals surface area contributed by atoms with Gasteiger partial charge in [0.1, 0.15) is 5.75 Å². The number of hydrogen-bond acceptors (Lipinski definition) is 4. The summed E-state index contributed by atoms with van der Waals surface area (Å²) in [7, 11) is 0. The van der Waals surface area contributed by atoms with Gasteiger partial charge in [0.15, 0.2) is 0 Å². The van der Waals surface area contributed by atoms with Gasteiger partial charge < -0.3 is 9.64 Å². The predicted octanol–water partition coefficient (Wildman–Crippen LogP) is 3.44. The number of benzene rings is 1. The van der Waals surface area contributed by atoms with E-state index in [1.165, 1.54) is 0 Å². The first kappa shape index (κ1) is 16.7. The molecule has 1 aromatic carbocycles. The van der Waals surface area contributed by atoms with Gasteiger partial charge in [0.05, 0.1) is 5.02 Å². The van der Waals surface area contributed by atoms with Crippen LogP contribution in [0.3, 0.4) is 0 Å². The van der Waals surface area contributed by atoms with E-state index < -0.39 is 0 Å². The van der Waals surface area contributed by atoms with E-state index in [1.54, 1.807) is 29.4 Å². The number of carbonyl (C=O) groups excluding carboxylic acids is 1. The third-order valence-electron chi connectivity index (χ3n) is 4.05. The highest BCUT2D eigenvalue weighted by Gasteiger charge is 2.21. The van der Waals surface area contributed by atoms with Crippen LogP contribution in [0.1, 0.15) is 12.0 Å². The van der Waals surface area contributed by atoms with Crippen molar-refractivity contribution >= 4 is 17.7 Å². The van der Waals surface area contributed by atoms with Gasteiger partial charge in [-0.15, -0.1) is 0 Å². The normalized spacial score (nSPS) is 15.8. The molecule has 3 rings (SSSR count). The van der Waals surface area contributed by atoms with E-state index in [4.69, 9.17) is 16.3 Å². The van der Waals surface area contributed by atoms with E-state index >= 15 is 0 Å². The molecule has 1 aromatic heterocycles. The molecule has 0 unspecified atom stereocenters. The van der Waals surface area contributed by atoms with Crippen molar-refractivity contribution in [1.82, 2.24) is 14.8 Å². The number of carbonyl (C=O) groups is 1. The van der Waals surface area contributed by atoms with Crippen LogP contribution in [0, 0.1) is 0 Å². The molecule has 2 aromatic rings. The zero-order valence-corrected chi connectivity index (χ0v) is 14.2. The molecule has 1 aliphatic heterocycles. The maximum atomic E-state index is 12.3. The highest BCUT2D eigenvalue weighted by atomic mass is 35.5. The van der Waals surface area contributed by atoms with Crippen LogP contribution in [-0.4, -0.2) is 47.1 Å². The van der Waals surface area contributed by atoms with Crippen molar-refractivity contribution in [2.75, 3.05) is 26.2 Å². The largest absolute Gasteiger partial charge is 0.415 e. The summed E-state index contributed by atoms with van der Waals surface area (Å²) in [5.41, 5.74) is 1.06. The molecule has 2 heterocycles. The maximum absolute atomic E-state index is 12.3. The molecule has 126 valence electrons. The number of nitrogens with zero attached hydrogens (tertiary/aromatic N) is 3. The van der Waals surface area contributed by atoms with Crippen molar-refractivity contribution in [1.29, 1.82) is 0 Å². The van der Waals surface area contributed by atoms with Gasteiger partial charge in [-0.25, -0.2) is 4.79 Å². The lowest BCUT2D eigenvalue weighted by molar-refractivity contribution is 0.153. The van der Waals surface area contributed by atoms with Crippen molar-refractivity contribution in [3.63, 3.8) is 0 Å². The lowest BCUT2D eigenvalue weighted by Gasteiger charge is -2.22. The fourth-order valence-electron chi connectivity index (χ4n) is 2.74. The molecule has 1 saturated heterocycles. The van der Waals surface area contributed by atoms with Gasteiger partial charge in [0.25, 0.3) is 0 Å². The van der Waals surface area contributed by atoms with Crippen LogP contribution in [0.15, 0.2) is 48.8 Å². The Morgan fingerprint density at radius 3 is 2.75 bits per heavy atom. The SMILES string of the molecule is O=C(Oc1ccccc1)N1CCCN(Cc2ccncc2Cl)CC1. The maximum Gasteiger partial charge on any atom is 0.415 e. The predicted molar refractivity (Wildman–Crippen MR) is 93.2 cm³/mol. The molecular weight excluding hydrogens is 326 g/mol. The van der Waals surface area contributed by atoms with E-state index in [0.717, 1.165) is 31.6 Å². The lowest BCUT2D eigenvalue weighted by atomic mass is 10.2. The van der Waals surface area contributed by atoms with E-state index in [2.05, 4.69) is 9.88 Å². The first-order valence-corrected chi connectivity index (χ1v) is 8.43. The molecule has 1 aliphatic rings. The van der Waals surface area contributed by atoms with Crippen LogP contribution in [0.2, 0.25) is 5.02 Å². The number of amides is 1. The molecule has 0 radical (unpaired) electrons. The fourth-order valence-corrected chi connectivity index (χ4v) is 2.92. The number of para-hydroxylation sites is 1. The molecule has 1 amide bonds. The fraction of sp³-hybridized carbons (Fsp3) is 0.333. The van der Waals surface area contributed by atoms with E-state index in [-0.39, 0.29) is 6.09 Å². The van der Waals surface area contributed by atoms with Crippen molar-refractivity contribution in [2.24, 2.45) is 0 Å². The van der Waals surface area contributed by atoms with Crippen molar-refractivity contribution < 1.29 is 9.53 Å². The van der Waals surface area contributed by atoms with Crippen LogP contribution >= 0.6 is 11.6 Å². The molecule has 0 spiro atoms. The van der Waals surface area contributed by atoms with Crippen LogP contribution in [0.4, 0.5) is 4.79 Å². The summed E-state index contributed by atoms with van der Waals surface area (Å²) in [5.74, 6) is 0.576. The Hall–Kier alpha value is -2.11. The zero-order chi connectivity index (χ0) is 16.8. The molecule has 6 heteroatoms. The van der Waals surface area contributed by atoms with Gasteiger partial charge >= 0.3 is 6.09 Å². The third-order valence-corrected chi connectivity index (χ3v) is 4.39. The molecular formula is C18H20ClN3O2. The topological polar surface area (TPSA) is 45.7 Å². The second-order valence-electron chi connectivity index (χ2n) is 5.76. The standard InChI is InChI=1S/C18H20ClN3O2/c19-17-13-20-8-7-15(17)14-21-9-4-10-22(12-11-21)18(23)24-16-5-2-1-3-6-16/h1-3,5-8,13H,4,9-12,14H2. The van der Waals surface area contributed by atoms with Gasteiger partial charge in [-0.3, -0.25) is 9.88 Å². The Morgan fingerprint density at radius 1 is 1.12 bits per heavy atom. The quantitative estimate of drug-likeness (QED) is 0.854. The summed E-state index contributed by atoms with van der Waals surface area (Å²) in [6.45, 7) is 3.83. The molecule has 0 saturated carbocycles. The minimum atomic E-state index is -0.287. The monoisotopic (exact) mass is 345 g/mol. The summed E-state index contributed by atoms with van der Waals surface area (Å²) in [4.78, 5) is 20.4. The van der Waals surface area contributed by atoms with Crippen LogP contribution in [0.5, 0.6) is 5.75 Å². The lowest BCUT2D eigenvalue weighted by Crippen LogP contribution is -2.37. The number of halogens is 1. The summed E-state index contributed by atoms with van der Waals surface area (Å²) in [6, 6.07) is 11.1. The molecule has 0 N–H and O–H groups in total. The number of aromatic nitrogens is 1. The molecule has 5 nitrogen and oxygen atoms in total. The smallest absolute Gasteiger partial charge is 0.410 e. The number of rotatable bonds is 3. The highest BCUT2D eigenvalue weighted by molar-refractivity contribution is 6.31. The van der Waals surface area contributed by atoms with Gasteiger partial charge in [-0.1, -0.05) is 29.8 Å². The molecule has 0 bridgehead atoms.